The fourth-order valence-electron chi connectivity index (χ4n) is 3.45. The topological polar surface area (TPSA) is 105 Å². The molecule has 0 aliphatic carbocycles. The first-order valence-corrected chi connectivity index (χ1v) is 10.2. The number of phenols is 1. The van der Waals surface area contributed by atoms with Gasteiger partial charge in [0.2, 0.25) is 0 Å². The maximum absolute atomic E-state index is 14.5. The fourth-order valence-corrected chi connectivity index (χ4v) is 3.45. The van der Waals surface area contributed by atoms with E-state index in [-0.39, 0.29) is 29.5 Å². The number of furan rings is 1. The number of aromatic hydroxyl groups is 1. The first-order chi connectivity index (χ1) is 15.8. The Morgan fingerprint density at radius 1 is 1.18 bits per heavy atom. The highest BCUT2D eigenvalue weighted by molar-refractivity contribution is 5.98. The van der Waals surface area contributed by atoms with Crippen molar-refractivity contribution in [1.29, 1.82) is 0 Å². The molecule has 2 aromatic carbocycles. The molecule has 33 heavy (non-hydrogen) atoms. The number of amides is 1. The van der Waals surface area contributed by atoms with Crippen LogP contribution in [0.3, 0.4) is 0 Å². The Labute approximate surface area is 190 Å². The molecule has 0 saturated heterocycles. The zero-order valence-corrected chi connectivity index (χ0v) is 18.2. The Morgan fingerprint density at radius 2 is 2.00 bits per heavy atom. The lowest BCUT2D eigenvalue weighted by atomic mass is 10.1. The van der Waals surface area contributed by atoms with Crippen LogP contribution in [0.4, 0.5) is 21.6 Å². The number of pyridine rings is 1. The van der Waals surface area contributed by atoms with E-state index in [1.54, 1.807) is 54.4 Å². The number of benzene rings is 2. The Hall–Kier alpha value is -4.33. The van der Waals surface area contributed by atoms with Gasteiger partial charge in [0.1, 0.15) is 23.1 Å². The van der Waals surface area contributed by atoms with E-state index in [0.29, 0.717) is 28.4 Å². The van der Waals surface area contributed by atoms with Crippen LogP contribution < -0.4 is 16.0 Å². The number of rotatable bonds is 6. The van der Waals surface area contributed by atoms with Gasteiger partial charge in [0.25, 0.3) is 5.91 Å². The highest BCUT2D eigenvalue weighted by Gasteiger charge is 2.16. The molecule has 0 atom stereocenters. The van der Waals surface area contributed by atoms with Crippen LogP contribution in [-0.2, 0) is 6.54 Å². The Bertz CT molecular complexity index is 1310. The summed E-state index contributed by atoms with van der Waals surface area (Å²) in [6.07, 6.45) is 1.53. The van der Waals surface area contributed by atoms with Crippen LogP contribution in [0, 0.1) is 12.7 Å². The van der Waals surface area contributed by atoms with Crippen molar-refractivity contribution in [2.45, 2.75) is 13.5 Å². The summed E-state index contributed by atoms with van der Waals surface area (Å²) in [5, 5.41) is 13.1. The van der Waals surface area contributed by atoms with Crippen molar-refractivity contribution < 1.29 is 18.7 Å². The molecule has 0 saturated carbocycles. The third-order valence-electron chi connectivity index (χ3n) is 5.28. The van der Waals surface area contributed by atoms with Crippen molar-refractivity contribution >= 4 is 23.1 Å². The van der Waals surface area contributed by atoms with Crippen molar-refractivity contribution in [3.8, 4) is 17.0 Å². The van der Waals surface area contributed by atoms with Gasteiger partial charge >= 0.3 is 0 Å². The monoisotopic (exact) mass is 446 g/mol. The van der Waals surface area contributed by atoms with Crippen molar-refractivity contribution in [1.82, 2.24) is 10.3 Å². The summed E-state index contributed by atoms with van der Waals surface area (Å²) in [6.45, 7) is 2.04. The molecule has 0 bridgehead atoms. The molecule has 1 amide bonds. The number of nitrogens with two attached hydrogens (primary N) is 1. The van der Waals surface area contributed by atoms with Crippen LogP contribution in [-0.4, -0.2) is 23.0 Å². The number of aromatic nitrogens is 1. The smallest absolute Gasteiger partial charge is 0.255 e. The lowest BCUT2D eigenvalue weighted by molar-refractivity contribution is 0.0948. The zero-order valence-electron chi connectivity index (χ0n) is 18.2. The lowest BCUT2D eigenvalue weighted by Crippen LogP contribution is -2.24. The molecular weight excluding hydrogens is 423 g/mol. The largest absolute Gasteiger partial charge is 0.507 e. The van der Waals surface area contributed by atoms with Crippen LogP contribution in [0.1, 0.15) is 21.7 Å². The molecule has 2 aromatic heterocycles. The zero-order chi connectivity index (χ0) is 23.5. The molecule has 0 fully saturated rings. The first kappa shape index (κ1) is 21.9. The van der Waals surface area contributed by atoms with E-state index in [4.69, 9.17) is 10.2 Å². The summed E-state index contributed by atoms with van der Waals surface area (Å²) in [7, 11) is 1.73. The van der Waals surface area contributed by atoms with Gasteiger partial charge < -0.3 is 25.5 Å². The highest BCUT2D eigenvalue weighted by atomic mass is 19.1. The van der Waals surface area contributed by atoms with Gasteiger partial charge in [-0.1, -0.05) is 6.07 Å². The minimum atomic E-state index is -0.393. The average molecular weight is 446 g/mol. The molecule has 8 heteroatoms. The normalized spacial score (nSPS) is 10.8. The first-order valence-electron chi connectivity index (χ1n) is 10.2. The number of carbonyl (C=O) groups excluding carboxylic acids is 1. The van der Waals surface area contributed by atoms with Crippen molar-refractivity contribution in [2.24, 2.45) is 0 Å². The maximum atomic E-state index is 14.5. The standard InChI is InChI=1S/C25H23FN4O3/c1-15-5-9-22(20(26)12-15)30(2)16-6-10-23(31)19(13-16)21-8-7-18(24(27)29-21)25(32)28-14-17-4-3-11-33-17/h3-13,31H,14H2,1-2H3,(H2,27,29)(H,28,32). The minimum absolute atomic E-state index is 0.0153. The molecule has 0 spiro atoms. The molecule has 4 aromatic rings. The molecule has 7 nitrogen and oxygen atoms in total. The summed E-state index contributed by atoms with van der Waals surface area (Å²) in [6, 6.07) is 16.5. The second kappa shape index (κ2) is 9.04. The Morgan fingerprint density at radius 3 is 2.70 bits per heavy atom. The van der Waals surface area contributed by atoms with Crippen LogP contribution in [0.5, 0.6) is 5.75 Å². The van der Waals surface area contributed by atoms with E-state index in [2.05, 4.69) is 10.3 Å². The summed E-state index contributed by atoms with van der Waals surface area (Å²) in [5.41, 5.74) is 8.90. The van der Waals surface area contributed by atoms with Gasteiger partial charge in [-0.05, 0) is 67.1 Å². The van der Waals surface area contributed by atoms with E-state index in [9.17, 15) is 14.3 Å². The average Bonchev–Trinajstić information content (AvgIpc) is 3.31. The fraction of sp³-hybridized carbons (Fsp3) is 0.120. The van der Waals surface area contributed by atoms with E-state index in [1.165, 1.54) is 18.4 Å². The Balaban J connectivity index is 1.59. The van der Waals surface area contributed by atoms with Gasteiger partial charge in [0.15, 0.2) is 0 Å². The molecule has 0 aliphatic rings. The van der Waals surface area contributed by atoms with E-state index < -0.39 is 5.91 Å². The quantitative estimate of drug-likeness (QED) is 0.394. The molecule has 0 unspecified atom stereocenters. The number of anilines is 3. The van der Waals surface area contributed by atoms with E-state index in [0.717, 1.165) is 5.56 Å². The second-order valence-corrected chi connectivity index (χ2v) is 7.61. The molecule has 4 N–H and O–H groups in total. The number of nitrogen functional groups attached to an aromatic ring is 1. The van der Waals surface area contributed by atoms with Crippen LogP contribution in [0.25, 0.3) is 11.3 Å². The predicted octanol–water partition coefficient (Wildman–Crippen LogP) is 4.77. The summed E-state index contributed by atoms with van der Waals surface area (Å²) in [4.78, 5) is 18.5. The number of aryl methyl sites for hydroxylation is 1. The van der Waals surface area contributed by atoms with Crippen molar-refractivity contribution in [3.63, 3.8) is 0 Å². The second-order valence-electron chi connectivity index (χ2n) is 7.61. The summed E-state index contributed by atoms with van der Waals surface area (Å²) in [5.74, 6) is -0.122. The molecule has 2 heterocycles. The predicted molar refractivity (Wildman–Crippen MR) is 125 cm³/mol. The van der Waals surface area contributed by atoms with Crippen LogP contribution >= 0.6 is 0 Å². The van der Waals surface area contributed by atoms with Crippen molar-refractivity contribution in [2.75, 3.05) is 17.7 Å². The summed E-state index contributed by atoms with van der Waals surface area (Å²) < 4.78 is 19.7. The van der Waals surface area contributed by atoms with Gasteiger partial charge in [-0.15, -0.1) is 0 Å². The number of phenolic OH excluding ortho intramolecular Hbond substituents is 1. The van der Waals surface area contributed by atoms with E-state index >= 15 is 0 Å². The maximum Gasteiger partial charge on any atom is 0.255 e. The number of hydrogen-bond acceptors (Lipinski definition) is 6. The molecule has 0 radical (unpaired) electrons. The number of nitrogens with one attached hydrogen (secondary N) is 1. The molecular formula is C25H23FN4O3. The van der Waals surface area contributed by atoms with E-state index in [1.807, 2.05) is 13.0 Å². The third-order valence-corrected chi connectivity index (χ3v) is 5.28. The SMILES string of the molecule is Cc1ccc(N(C)c2ccc(O)c(-c3ccc(C(=O)NCc4ccco4)c(N)n3)c2)c(F)c1. The van der Waals surface area contributed by atoms with Crippen molar-refractivity contribution in [3.05, 3.63) is 89.6 Å². The lowest BCUT2D eigenvalue weighted by Gasteiger charge is -2.21. The number of halogens is 1. The van der Waals surface area contributed by atoms with Gasteiger partial charge in [-0.2, -0.15) is 0 Å². The minimum Gasteiger partial charge on any atom is -0.507 e. The van der Waals surface area contributed by atoms with Crippen LogP contribution in [0.2, 0.25) is 0 Å². The van der Waals surface area contributed by atoms with Gasteiger partial charge in [-0.3, -0.25) is 4.79 Å². The number of nitrogens with zero attached hydrogens (tertiary/aromatic N) is 2. The highest BCUT2D eigenvalue weighted by Crippen LogP contribution is 2.35. The number of carbonyl (C=O) groups is 1. The summed E-state index contributed by atoms with van der Waals surface area (Å²) >= 11 is 0. The molecule has 168 valence electrons. The molecule has 0 aliphatic heterocycles. The third kappa shape index (κ3) is 4.64. The van der Waals surface area contributed by atoms with Gasteiger partial charge in [-0.25, -0.2) is 9.37 Å². The number of hydrogen-bond donors (Lipinski definition) is 3. The molecule has 4 rings (SSSR count). The van der Waals surface area contributed by atoms with Gasteiger partial charge in [0.05, 0.1) is 29.8 Å². The Kier molecular flexibility index (Phi) is 5.99. The van der Waals surface area contributed by atoms with Gasteiger partial charge in [0, 0.05) is 18.3 Å². The van der Waals surface area contributed by atoms with Crippen LogP contribution in [0.15, 0.2) is 71.3 Å².